The first-order chi connectivity index (χ1) is 18.0. The lowest BCUT2D eigenvalue weighted by atomic mass is 10.1. The monoisotopic (exact) mass is 514 g/mol. The highest BCUT2D eigenvalue weighted by molar-refractivity contribution is 8.18. The fourth-order valence-corrected chi connectivity index (χ4v) is 4.88. The van der Waals surface area contributed by atoms with Crippen molar-refractivity contribution in [2.75, 3.05) is 43.1 Å². The molecule has 3 amide bonds. The van der Waals surface area contributed by atoms with Crippen molar-refractivity contribution in [3.63, 3.8) is 0 Å². The van der Waals surface area contributed by atoms with Crippen molar-refractivity contribution in [2.24, 2.45) is 0 Å². The third-order valence-corrected chi connectivity index (χ3v) is 6.82. The molecule has 0 unspecified atom stereocenters. The molecule has 10 heteroatoms. The molecule has 0 radical (unpaired) electrons. The van der Waals surface area contributed by atoms with Crippen LogP contribution in [0.5, 0.6) is 0 Å². The number of anilines is 2. The van der Waals surface area contributed by atoms with E-state index in [9.17, 15) is 19.6 Å². The number of hydrogen-bond donors (Lipinski definition) is 1. The van der Waals surface area contributed by atoms with Crippen LogP contribution in [0.1, 0.15) is 11.3 Å². The van der Waals surface area contributed by atoms with Crippen LogP contribution in [0.3, 0.4) is 0 Å². The van der Waals surface area contributed by atoms with E-state index in [0.717, 1.165) is 35.4 Å². The van der Waals surface area contributed by atoms with Crippen LogP contribution in [0.2, 0.25) is 0 Å². The summed E-state index contributed by atoms with van der Waals surface area (Å²) in [5.41, 5.74) is 2.71. The molecule has 2 aliphatic heterocycles. The SMILES string of the molecule is N#Cc1ccccc1-c1ccc(/C=C2/SC(=O)N(CC(=O)Nc3ccc(N4CCOCC4)cc3)C2=O)o1. The molecule has 0 spiro atoms. The Labute approximate surface area is 217 Å². The number of carbonyl (C=O) groups is 3. The first-order valence-corrected chi connectivity index (χ1v) is 12.4. The number of furan rings is 1. The van der Waals surface area contributed by atoms with E-state index in [2.05, 4.69) is 16.3 Å². The van der Waals surface area contributed by atoms with Crippen LogP contribution in [0.25, 0.3) is 17.4 Å². The Hall–Kier alpha value is -4.33. The highest BCUT2D eigenvalue weighted by Crippen LogP contribution is 2.33. The fourth-order valence-electron chi connectivity index (χ4n) is 4.06. The van der Waals surface area contributed by atoms with Crippen LogP contribution in [0, 0.1) is 11.3 Å². The van der Waals surface area contributed by atoms with Gasteiger partial charge in [0, 0.05) is 36.1 Å². The van der Waals surface area contributed by atoms with Crippen molar-refractivity contribution in [2.45, 2.75) is 0 Å². The zero-order valence-corrected chi connectivity index (χ0v) is 20.5. The van der Waals surface area contributed by atoms with E-state index < -0.39 is 23.6 Å². The van der Waals surface area contributed by atoms with Crippen molar-refractivity contribution >= 4 is 46.3 Å². The second kappa shape index (κ2) is 10.7. The van der Waals surface area contributed by atoms with E-state index in [1.165, 1.54) is 6.08 Å². The van der Waals surface area contributed by atoms with Crippen LogP contribution < -0.4 is 10.2 Å². The van der Waals surface area contributed by atoms with Crippen LogP contribution in [0.15, 0.2) is 70.0 Å². The van der Waals surface area contributed by atoms with Gasteiger partial charge in [-0.2, -0.15) is 5.26 Å². The number of nitrogens with zero attached hydrogens (tertiary/aromatic N) is 3. The molecule has 3 heterocycles. The van der Waals surface area contributed by atoms with Crippen molar-refractivity contribution < 1.29 is 23.5 Å². The van der Waals surface area contributed by atoms with E-state index in [1.54, 1.807) is 48.5 Å². The maximum atomic E-state index is 12.8. The Morgan fingerprint density at radius 1 is 1.05 bits per heavy atom. The fraction of sp³-hybridized carbons (Fsp3) is 0.185. The summed E-state index contributed by atoms with van der Waals surface area (Å²) in [6.07, 6.45) is 1.46. The number of ether oxygens (including phenoxy) is 1. The zero-order chi connectivity index (χ0) is 25.8. The van der Waals surface area contributed by atoms with Crippen molar-refractivity contribution in [3.8, 4) is 17.4 Å². The standard InChI is InChI=1S/C27H22N4O5S/c28-16-18-3-1-2-4-22(18)23-10-9-21(36-23)15-24-26(33)31(27(34)37-24)17-25(32)29-19-5-7-20(8-6-19)30-11-13-35-14-12-30/h1-10,15H,11-14,17H2,(H,29,32)/b24-15+. The van der Waals surface area contributed by atoms with Gasteiger partial charge in [-0.1, -0.05) is 12.1 Å². The van der Waals surface area contributed by atoms with Gasteiger partial charge in [0.25, 0.3) is 11.1 Å². The van der Waals surface area contributed by atoms with E-state index in [4.69, 9.17) is 9.15 Å². The number of morpholine rings is 1. The van der Waals surface area contributed by atoms with Gasteiger partial charge in [-0.3, -0.25) is 19.3 Å². The maximum Gasteiger partial charge on any atom is 0.294 e. The normalized spacial score (nSPS) is 16.8. The van der Waals surface area contributed by atoms with Gasteiger partial charge in [-0.15, -0.1) is 0 Å². The highest BCUT2D eigenvalue weighted by atomic mass is 32.2. The van der Waals surface area contributed by atoms with Gasteiger partial charge in [-0.05, 0) is 60.3 Å². The third-order valence-electron chi connectivity index (χ3n) is 5.92. The zero-order valence-electron chi connectivity index (χ0n) is 19.7. The van der Waals surface area contributed by atoms with Crippen LogP contribution in [-0.4, -0.2) is 54.8 Å². The van der Waals surface area contributed by atoms with Crippen LogP contribution in [0.4, 0.5) is 16.2 Å². The Morgan fingerprint density at radius 3 is 2.57 bits per heavy atom. The van der Waals surface area contributed by atoms with Gasteiger partial charge in [0.2, 0.25) is 5.91 Å². The molecule has 0 atom stereocenters. The molecule has 2 fully saturated rings. The third kappa shape index (κ3) is 5.43. The Morgan fingerprint density at radius 2 is 1.81 bits per heavy atom. The summed E-state index contributed by atoms with van der Waals surface area (Å²) in [4.78, 5) is 41.1. The molecule has 0 saturated carbocycles. The smallest absolute Gasteiger partial charge is 0.294 e. The Kier molecular flexibility index (Phi) is 7.07. The molecule has 1 N–H and O–H groups in total. The molecule has 0 aliphatic carbocycles. The van der Waals surface area contributed by atoms with E-state index in [0.29, 0.717) is 41.5 Å². The molecule has 9 nitrogen and oxygen atoms in total. The second-order valence-electron chi connectivity index (χ2n) is 8.32. The Balaban J connectivity index is 1.22. The molecule has 3 aromatic rings. The van der Waals surface area contributed by atoms with Gasteiger partial charge < -0.3 is 19.4 Å². The lowest BCUT2D eigenvalue weighted by molar-refractivity contribution is -0.127. The second-order valence-corrected chi connectivity index (χ2v) is 9.31. The largest absolute Gasteiger partial charge is 0.457 e. The first-order valence-electron chi connectivity index (χ1n) is 11.6. The molecule has 2 aliphatic rings. The summed E-state index contributed by atoms with van der Waals surface area (Å²) in [5, 5.41) is 11.5. The number of nitriles is 1. The predicted octanol–water partition coefficient (Wildman–Crippen LogP) is 4.33. The van der Waals surface area contributed by atoms with Crippen LogP contribution in [-0.2, 0) is 14.3 Å². The molecular weight excluding hydrogens is 492 g/mol. The molecule has 2 saturated heterocycles. The molecule has 5 rings (SSSR count). The number of rotatable bonds is 6. The van der Waals surface area contributed by atoms with E-state index >= 15 is 0 Å². The molecule has 37 heavy (non-hydrogen) atoms. The number of amides is 3. The van der Waals surface area contributed by atoms with Crippen molar-refractivity contribution in [3.05, 3.63) is 76.9 Å². The number of hydrogen-bond acceptors (Lipinski definition) is 8. The lowest BCUT2D eigenvalue weighted by Gasteiger charge is -2.28. The summed E-state index contributed by atoms with van der Waals surface area (Å²) >= 11 is 0.746. The first kappa shape index (κ1) is 24.4. The number of benzene rings is 2. The maximum absolute atomic E-state index is 12.8. The van der Waals surface area contributed by atoms with E-state index in [-0.39, 0.29) is 4.91 Å². The molecule has 2 aromatic carbocycles. The molecule has 0 bridgehead atoms. The van der Waals surface area contributed by atoms with Gasteiger partial charge in [0.15, 0.2) is 0 Å². The Bertz CT molecular complexity index is 1420. The minimum absolute atomic E-state index is 0.155. The summed E-state index contributed by atoms with van der Waals surface area (Å²) in [6, 6.07) is 19.9. The number of imide groups is 1. The lowest BCUT2D eigenvalue weighted by Crippen LogP contribution is -2.36. The minimum atomic E-state index is -0.566. The van der Waals surface area contributed by atoms with Crippen molar-refractivity contribution in [1.29, 1.82) is 5.26 Å². The van der Waals surface area contributed by atoms with E-state index in [1.807, 2.05) is 12.1 Å². The highest BCUT2D eigenvalue weighted by Gasteiger charge is 2.36. The van der Waals surface area contributed by atoms with Gasteiger partial charge >= 0.3 is 0 Å². The average molecular weight is 515 g/mol. The predicted molar refractivity (Wildman–Crippen MR) is 140 cm³/mol. The average Bonchev–Trinajstić information content (AvgIpc) is 3.49. The summed E-state index contributed by atoms with van der Waals surface area (Å²) < 4.78 is 11.2. The summed E-state index contributed by atoms with van der Waals surface area (Å²) in [7, 11) is 0. The van der Waals surface area contributed by atoms with Gasteiger partial charge in [-0.25, -0.2) is 0 Å². The summed E-state index contributed by atoms with van der Waals surface area (Å²) in [6.45, 7) is 2.59. The number of nitrogens with one attached hydrogen (secondary N) is 1. The van der Waals surface area contributed by atoms with Crippen molar-refractivity contribution in [1.82, 2.24) is 4.90 Å². The summed E-state index contributed by atoms with van der Waals surface area (Å²) in [5.74, 6) is -0.209. The number of carbonyl (C=O) groups excluding carboxylic acids is 3. The van der Waals surface area contributed by atoms with Gasteiger partial charge in [0.05, 0.1) is 29.8 Å². The molecule has 186 valence electrons. The number of thioether (sulfide) groups is 1. The minimum Gasteiger partial charge on any atom is -0.457 e. The van der Waals surface area contributed by atoms with Crippen LogP contribution >= 0.6 is 11.8 Å². The topological polar surface area (TPSA) is 116 Å². The molecular formula is C27H22N4O5S. The quantitative estimate of drug-likeness (QED) is 0.483. The molecule has 1 aromatic heterocycles. The van der Waals surface area contributed by atoms with Gasteiger partial charge in [0.1, 0.15) is 18.1 Å².